The van der Waals surface area contributed by atoms with E-state index in [-0.39, 0.29) is 23.8 Å². The molecule has 2 aliphatic rings. The zero-order valence-electron chi connectivity index (χ0n) is 12.4. The van der Waals surface area contributed by atoms with Gasteiger partial charge in [-0.15, -0.1) is 0 Å². The molecule has 1 fully saturated rings. The zero-order valence-corrected chi connectivity index (χ0v) is 12.4. The Hall–Kier alpha value is -1.68. The van der Waals surface area contributed by atoms with Gasteiger partial charge in [-0.1, -0.05) is 25.5 Å². The second-order valence-electron chi connectivity index (χ2n) is 6.18. The van der Waals surface area contributed by atoms with Gasteiger partial charge in [-0.05, 0) is 49.8 Å². The number of nitrogens with zero attached hydrogens (tertiary/aromatic N) is 1. The first kappa shape index (κ1) is 14.3. The summed E-state index contributed by atoms with van der Waals surface area (Å²) < 4.78 is 0. The van der Waals surface area contributed by atoms with Gasteiger partial charge in [-0.2, -0.15) is 0 Å². The Bertz CT molecular complexity index is 535. The molecule has 4 heteroatoms. The number of hydrogen-bond acceptors (Lipinski definition) is 3. The summed E-state index contributed by atoms with van der Waals surface area (Å²) in [5.74, 6) is 0.531. The lowest BCUT2D eigenvalue weighted by Gasteiger charge is -2.39. The third kappa shape index (κ3) is 2.27. The average Bonchev–Trinajstić information content (AvgIpc) is 2.78. The van der Waals surface area contributed by atoms with E-state index in [9.17, 15) is 9.59 Å². The van der Waals surface area contributed by atoms with Gasteiger partial charge in [0.2, 0.25) is 0 Å². The minimum atomic E-state index is -0.143. The maximum atomic E-state index is 12.6. The number of carbonyl (C=O) groups is 2. The summed E-state index contributed by atoms with van der Waals surface area (Å²) in [4.78, 5) is 26.7. The number of carbonyl (C=O) groups excluding carboxylic acids is 2. The fraction of sp³-hybridized carbons (Fsp3) is 0.529. The Kier molecular flexibility index (Phi) is 3.81. The highest BCUT2D eigenvalue weighted by Crippen LogP contribution is 2.37. The molecular weight excluding hydrogens is 264 g/mol. The van der Waals surface area contributed by atoms with Crippen molar-refractivity contribution in [3.8, 4) is 0 Å². The quantitative estimate of drug-likeness (QED) is 0.868. The number of amides is 2. The Morgan fingerprint density at radius 1 is 1.14 bits per heavy atom. The monoisotopic (exact) mass is 286 g/mol. The van der Waals surface area contributed by atoms with Crippen molar-refractivity contribution in [2.24, 2.45) is 17.6 Å². The molecule has 0 bridgehead atoms. The Morgan fingerprint density at radius 3 is 2.29 bits per heavy atom. The van der Waals surface area contributed by atoms with E-state index in [1.807, 2.05) is 12.1 Å². The SMILES string of the molecule is CCC1CCC(CN)C(N2C(=O)c3ccccc3C2=O)C1. The molecule has 21 heavy (non-hydrogen) atoms. The molecule has 1 saturated carbocycles. The molecule has 0 saturated heterocycles. The van der Waals surface area contributed by atoms with Gasteiger partial charge in [0.15, 0.2) is 0 Å². The third-order valence-corrected chi connectivity index (χ3v) is 5.10. The summed E-state index contributed by atoms with van der Waals surface area (Å²) in [6, 6.07) is 7.06. The van der Waals surface area contributed by atoms with Crippen LogP contribution in [0.15, 0.2) is 24.3 Å². The van der Waals surface area contributed by atoms with E-state index in [4.69, 9.17) is 5.73 Å². The molecule has 0 aromatic heterocycles. The van der Waals surface area contributed by atoms with Crippen LogP contribution in [-0.4, -0.2) is 29.3 Å². The number of rotatable bonds is 3. The Morgan fingerprint density at radius 2 is 1.76 bits per heavy atom. The average molecular weight is 286 g/mol. The van der Waals surface area contributed by atoms with E-state index in [0.717, 1.165) is 25.7 Å². The summed E-state index contributed by atoms with van der Waals surface area (Å²) in [6.45, 7) is 2.71. The molecule has 112 valence electrons. The molecule has 4 nitrogen and oxygen atoms in total. The first-order valence-corrected chi connectivity index (χ1v) is 7.84. The van der Waals surface area contributed by atoms with Gasteiger partial charge in [0.05, 0.1) is 11.1 Å². The summed E-state index contributed by atoms with van der Waals surface area (Å²) >= 11 is 0. The lowest BCUT2D eigenvalue weighted by molar-refractivity contribution is 0.0429. The van der Waals surface area contributed by atoms with Crippen LogP contribution in [0.2, 0.25) is 0 Å². The molecule has 1 aliphatic carbocycles. The van der Waals surface area contributed by atoms with E-state index in [1.54, 1.807) is 12.1 Å². The predicted molar refractivity (Wildman–Crippen MR) is 80.9 cm³/mol. The highest BCUT2D eigenvalue weighted by molar-refractivity contribution is 6.21. The molecular formula is C17H22N2O2. The molecule has 2 N–H and O–H groups in total. The van der Waals surface area contributed by atoms with Crippen LogP contribution in [0.4, 0.5) is 0 Å². The topological polar surface area (TPSA) is 63.4 Å². The molecule has 3 atom stereocenters. The molecule has 1 aromatic rings. The van der Waals surface area contributed by atoms with E-state index in [0.29, 0.717) is 23.6 Å². The van der Waals surface area contributed by atoms with Crippen LogP contribution in [0, 0.1) is 11.8 Å². The van der Waals surface area contributed by atoms with Crippen molar-refractivity contribution in [2.45, 2.75) is 38.6 Å². The third-order valence-electron chi connectivity index (χ3n) is 5.10. The number of imide groups is 1. The fourth-order valence-corrected chi connectivity index (χ4v) is 3.77. The fourth-order valence-electron chi connectivity index (χ4n) is 3.77. The summed E-state index contributed by atoms with van der Waals surface area (Å²) in [6.07, 6.45) is 4.14. The van der Waals surface area contributed by atoms with Gasteiger partial charge < -0.3 is 5.73 Å². The molecule has 1 aromatic carbocycles. The molecule has 0 spiro atoms. The van der Waals surface area contributed by atoms with Crippen molar-refractivity contribution < 1.29 is 9.59 Å². The first-order valence-electron chi connectivity index (χ1n) is 7.84. The standard InChI is InChI=1S/C17H22N2O2/c1-2-11-7-8-12(10-18)15(9-11)19-16(20)13-5-3-4-6-14(13)17(19)21/h3-6,11-12,15H,2,7-10,18H2,1H3. The minimum Gasteiger partial charge on any atom is -0.330 e. The normalized spacial score (nSPS) is 28.9. The van der Waals surface area contributed by atoms with Crippen LogP contribution in [-0.2, 0) is 0 Å². The van der Waals surface area contributed by atoms with Gasteiger partial charge in [-0.25, -0.2) is 0 Å². The van der Waals surface area contributed by atoms with Gasteiger partial charge >= 0.3 is 0 Å². The van der Waals surface area contributed by atoms with Crippen molar-refractivity contribution >= 4 is 11.8 Å². The van der Waals surface area contributed by atoms with Crippen LogP contribution in [0.5, 0.6) is 0 Å². The van der Waals surface area contributed by atoms with Crippen molar-refractivity contribution in [2.75, 3.05) is 6.54 Å². The second kappa shape index (κ2) is 5.60. The summed E-state index contributed by atoms with van der Waals surface area (Å²) in [7, 11) is 0. The smallest absolute Gasteiger partial charge is 0.261 e. The largest absolute Gasteiger partial charge is 0.330 e. The molecule has 1 aliphatic heterocycles. The number of fused-ring (bicyclic) bond motifs is 1. The molecule has 1 heterocycles. The van der Waals surface area contributed by atoms with E-state index < -0.39 is 0 Å². The van der Waals surface area contributed by atoms with E-state index in [2.05, 4.69) is 6.92 Å². The van der Waals surface area contributed by atoms with Gasteiger partial charge in [-0.3, -0.25) is 14.5 Å². The highest BCUT2D eigenvalue weighted by Gasteiger charge is 2.44. The molecule has 2 amide bonds. The molecule has 0 radical (unpaired) electrons. The second-order valence-corrected chi connectivity index (χ2v) is 6.18. The van der Waals surface area contributed by atoms with Gasteiger partial charge in [0.25, 0.3) is 11.8 Å². The van der Waals surface area contributed by atoms with Crippen LogP contribution in [0.25, 0.3) is 0 Å². The summed E-state index contributed by atoms with van der Waals surface area (Å²) in [5.41, 5.74) is 6.97. The van der Waals surface area contributed by atoms with Gasteiger partial charge in [0, 0.05) is 6.04 Å². The van der Waals surface area contributed by atoms with Crippen molar-refractivity contribution in [1.29, 1.82) is 0 Å². The highest BCUT2D eigenvalue weighted by atomic mass is 16.2. The number of nitrogens with two attached hydrogens (primary N) is 1. The van der Waals surface area contributed by atoms with E-state index >= 15 is 0 Å². The van der Waals surface area contributed by atoms with Crippen LogP contribution >= 0.6 is 0 Å². The Balaban J connectivity index is 1.92. The minimum absolute atomic E-state index is 0.0406. The van der Waals surface area contributed by atoms with Crippen LogP contribution in [0.1, 0.15) is 53.3 Å². The van der Waals surface area contributed by atoms with Crippen molar-refractivity contribution in [3.63, 3.8) is 0 Å². The first-order chi connectivity index (χ1) is 10.2. The zero-order chi connectivity index (χ0) is 15.0. The predicted octanol–water partition coefficient (Wildman–Crippen LogP) is 2.44. The maximum absolute atomic E-state index is 12.6. The van der Waals surface area contributed by atoms with Crippen molar-refractivity contribution in [3.05, 3.63) is 35.4 Å². The van der Waals surface area contributed by atoms with Crippen LogP contribution in [0.3, 0.4) is 0 Å². The van der Waals surface area contributed by atoms with E-state index in [1.165, 1.54) is 4.90 Å². The maximum Gasteiger partial charge on any atom is 0.261 e. The lowest BCUT2D eigenvalue weighted by Crippen LogP contribution is -2.49. The molecule has 3 rings (SSSR count). The molecule has 3 unspecified atom stereocenters. The van der Waals surface area contributed by atoms with Gasteiger partial charge in [0.1, 0.15) is 0 Å². The van der Waals surface area contributed by atoms with Crippen LogP contribution < -0.4 is 5.73 Å². The summed E-state index contributed by atoms with van der Waals surface area (Å²) in [5, 5.41) is 0. The Labute approximate surface area is 125 Å². The number of hydrogen-bond donors (Lipinski definition) is 1. The number of benzene rings is 1. The van der Waals surface area contributed by atoms with Crippen molar-refractivity contribution in [1.82, 2.24) is 4.90 Å². The lowest BCUT2D eigenvalue weighted by atomic mass is 9.76.